The standard InChI is InChI=1S/C51H42O2Si2/c1-7-22-42(23-8-1)54(43-24-9-2-10-25-43,44-26-11-3-12-27-44)52-38-41-35-36-49-48-34-20-19-21-40(48)37-50(49)51(41)39-53-55(45-28-13-4-14-29-45,46-30-15-5-16-31-46)47-32-17-6-18-33-47/h1-36H,37-39H2. The minimum atomic E-state index is -2.99. The first-order valence-corrected chi connectivity index (χ1v) is 22.9. The molecule has 4 heteroatoms. The van der Waals surface area contributed by atoms with Crippen LogP contribution in [0.3, 0.4) is 0 Å². The maximum absolute atomic E-state index is 7.72. The molecule has 0 N–H and O–H groups in total. The molecule has 0 fully saturated rings. The summed E-state index contributed by atoms with van der Waals surface area (Å²) in [7, 11) is -5.96. The van der Waals surface area contributed by atoms with Gasteiger partial charge in [0, 0.05) is 0 Å². The molecule has 0 amide bonds. The maximum atomic E-state index is 7.72. The predicted octanol–water partition coefficient (Wildman–Crippen LogP) is 7.63. The highest BCUT2D eigenvalue weighted by atomic mass is 28.4. The Morgan fingerprint density at radius 2 is 0.673 bits per heavy atom. The molecule has 0 aromatic heterocycles. The monoisotopic (exact) mass is 742 g/mol. The fourth-order valence-corrected chi connectivity index (χ4v) is 16.2. The minimum absolute atomic E-state index is 0.448. The van der Waals surface area contributed by atoms with Gasteiger partial charge >= 0.3 is 0 Å². The van der Waals surface area contributed by atoms with E-state index in [2.05, 4.69) is 218 Å². The smallest absolute Gasteiger partial charge is 0.288 e. The summed E-state index contributed by atoms with van der Waals surface area (Å²) in [6.45, 7) is 0.904. The van der Waals surface area contributed by atoms with Crippen molar-refractivity contribution in [2.45, 2.75) is 19.6 Å². The van der Waals surface area contributed by atoms with Crippen LogP contribution >= 0.6 is 0 Å². The lowest BCUT2D eigenvalue weighted by atomic mass is 9.97. The molecule has 8 aromatic carbocycles. The third-order valence-corrected chi connectivity index (χ3v) is 19.2. The van der Waals surface area contributed by atoms with Crippen LogP contribution in [0.5, 0.6) is 0 Å². The average molecular weight is 743 g/mol. The van der Waals surface area contributed by atoms with Gasteiger partial charge in [-0.05, 0) is 70.9 Å². The second-order valence-electron chi connectivity index (χ2n) is 14.2. The fraction of sp³-hybridized carbons (Fsp3) is 0.0588. The van der Waals surface area contributed by atoms with Gasteiger partial charge in [-0.15, -0.1) is 0 Å². The van der Waals surface area contributed by atoms with Crippen LogP contribution in [0.1, 0.15) is 22.3 Å². The van der Waals surface area contributed by atoms with Crippen molar-refractivity contribution in [2.24, 2.45) is 0 Å². The van der Waals surface area contributed by atoms with Gasteiger partial charge in [-0.1, -0.05) is 218 Å². The van der Waals surface area contributed by atoms with E-state index < -0.39 is 16.6 Å². The van der Waals surface area contributed by atoms with Crippen molar-refractivity contribution in [3.8, 4) is 11.1 Å². The molecule has 0 heterocycles. The molecule has 0 unspecified atom stereocenters. The topological polar surface area (TPSA) is 18.5 Å². The number of hydrogen-bond acceptors (Lipinski definition) is 2. The molecule has 0 radical (unpaired) electrons. The van der Waals surface area contributed by atoms with Crippen molar-refractivity contribution >= 4 is 47.8 Å². The van der Waals surface area contributed by atoms with Crippen molar-refractivity contribution < 1.29 is 8.85 Å². The predicted molar refractivity (Wildman–Crippen MR) is 232 cm³/mol. The van der Waals surface area contributed by atoms with E-state index in [0.717, 1.165) is 6.42 Å². The van der Waals surface area contributed by atoms with Crippen molar-refractivity contribution in [3.63, 3.8) is 0 Å². The van der Waals surface area contributed by atoms with Gasteiger partial charge in [0.2, 0.25) is 0 Å². The third kappa shape index (κ3) is 6.43. The lowest BCUT2D eigenvalue weighted by molar-refractivity contribution is 0.289. The lowest BCUT2D eigenvalue weighted by Gasteiger charge is -2.35. The Balaban J connectivity index is 1.20. The Morgan fingerprint density at radius 1 is 0.327 bits per heavy atom. The van der Waals surface area contributed by atoms with Gasteiger partial charge in [-0.2, -0.15) is 0 Å². The van der Waals surface area contributed by atoms with Crippen molar-refractivity contribution in [3.05, 3.63) is 241 Å². The molecular formula is C51H42O2Si2. The molecule has 0 spiro atoms. The van der Waals surface area contributed by atoms with Gasteiger partial charge in [0.1, 0.15) is 0 Å². The Labute approximate surface area is 326 Å². The zero-order valence-corrected chi connectivity index (χ0v) is 32.7. The zero-order chi connectivity index (χ0) is 36.9. The quantitative estimate of drug-likeness (QED) is 0.0948. The normalized spacial score (nSPS) is 12.2. The number of benzene rings is 8. The molecule has 0 atom stereocenters. The van der Waals surface area contributed by atoms with Crippen LogP contribution in [0, 0.1) is 0 Å². The largest absolute Gasteiger partial charge is 0.400 e. The van der Waals surface area contributed by atoms with E-state index in [1.807, 2.05) is 0 Å². The van der Waals surface area contributed by atoms with Gasteiger partial charge in [0.25, 0.3) is 16.6 Å². The van der Waals surface area contributed by atoms with Crippen LogP contribution in [-0.2, 0) is 28.5 Å². The zero-order valence-electron chi connectivity index (χ0n) is 30.7. The SMILES string of the molecule is c1ccc([Si](OCc2ccc3c(c2CO[Si](c2ccccc2)(c2ccccc2)c2ccccc2)Cc2ccccc2-3)(c2ccccc2)c2ccccc2)cc1. The van der Waals surface area contributed by atoms with Crippen LogP contribution < -0.4 is 31.1 Å². The van der Waals surface area contributed by atoms with Gasteiger partial charge in [0.05, 0.1) is 13.2 Å². The number of rotatable bonds is 12. The average Bonchev–Trinajstić information content (AvgIpc) is 3.66. The first-order chi connectivity index (χ1) is 27.3. The summed E-state index contributed by atoms with van der Waals surface area (Å²) in [4.78, 5) is 0. The van der Waals surface area contributed by atoms with E-state index >= 15 is 0 Å². The van der Waals surface area contributed by atoms with E-state index in [0.29, 0.717) is 13.2 Å². The first-order valence-electron chi connectivity index (χ1n) is 19.1. The van der Waals surface area contributed by atoms with E-state index in [4.69, 9.17) is 8.85 Å². The van der Waals surface area contributed by atoms with Crippen molar-refractivity contribution in [1.29, 1.82) is 0 Å². The molecule has 1 aliphatic rings. The summed E-state index contributed by atoms with van der Waals surface area (Å²) >= 11 is 0. The third-order valence-electron chi connectivity index (χ3n) is 11.2. The summed E-state index contributed by atoms with van der Waals surface area (Å²) in [5, 5.41) is 7.35. The first kappa shape index (κ1) is 34.9. The number of hydrogen-bond donors (Lipinski definition) is 0. The van der Waals surface area contributed by atoms with Gasteiger partial charge < -0.3 is 8.85 Å². The van der Waals surface area contributed by atoms with E-state index in [1.165, 1.54) is 64.5 Å². The highest BCUT2D eigenvalue weighted by Crippen LogP contribution is 2.40. The van der Waals surface area contributed by atoms with Crippen LogP contribution in [0.15, 0.2) is 218 Å². The Kier molecular flexibility index (Phi) is 9.80. The van der Waals surface area contributed by atoms with E-state index in [1.54, 1.807) is 0 Å². The van der Waals surface area contributed by atoms with Crippen molar-refractivity contribution in [2.75, 3.05) is 0 Å². The molecule has 0 saturated heterocycles. The van der Waals surface area contributed by atoms with Gasteiger partial charge in [-0.25, -0.2) is 0 Å². The Morgan fingerprint density at radius 3 is 1.07 bits per heavy atom. The fourth-order valence-electron chi connectivity index (χ4n) is 8.54. The summed E-state index contributed by atoms with van der Waals surface area (Å²) in [5.74, 6) is 0. The minimum Gasteiger partial charge on any atom is -0.400 e. The van der Waals surface area contributed by atoms with Gasteiger partial charge in [0.15, 0.2) is 0 Å². The molecule has 266 valence electrons. The molecule has 0 bridgehead atoms. The Bertz CT molecular complexity index is 2300. The molecule has 0 saturated carbocycles. The summed E-state index contributed by atoms with van der Waals surface area (Å²) < 4.78 is 15.4. The summed E-state index contributed by atoms with van der Waals surface area (Å²) in [6, 6.07) is 78.7. The van der Waals surface area contributed by atoms with Crippen LogP contribution in [0.25, 0.3) is 11.1 Å². The highest BCUT2D eigenvalue weighted by Gasteiger charge is 2.44. The summed E-state index contributed by atoms with van der Waals surface area (Å²) in [5.41, 5.74) is 7.70. The maximum Gasteiger partial charge on any atom is 0.288 e. The summed E-state index contributed by atoms with van der Waals surface area (Å²) in [6.07, 6.45) is 0.868. The molecule has 9 rings (SSSR count). The molecular weight excluding hydrogens is 701 g/mol. The second kappa shape index (κ2) is 15.5. The van der Waals surface area contributed by atoms with Crippen molar-refractivity contribution in [1.82, 2.24) is 0 Å². The molecule has 2 nitrogen and oxygen atoms in total. The highest BCUT2D eigenvalue weighted by molar-refractivity contribution is 7.07. The molecule has 0 aliphatic heterocycles. The van der Waals surface area contributed by atoms with Crippen LogP contribution in [0.4, 0.5) is 0 Å². The van der Waals surface area contributed by atoms with Crippen LogP contribution in [0.2, 0.25) is 0 Å². The molecule has 1 aliphatic carbocycles. The lowest BCUT2D eigenvalue weighted by Crippen LogP contribution is -2.69. The van der Waals surface area contributed by atoms with E-state index in [-0.39, 0.29) is 0 Å². The Hall–Kier alpha value is -5.89. The number of fused-ring (bicyclic) bond motifs is 3. The van der Waals surface area contributed by atoms with Crippen LogP contribution in [-0.4, -0.2) is 16.6 Å². The second-order valence-corrected chi connectivity index (χ2v) is 21.0. The van der Waals surface area contributed by atoms with Gasteiger partial charge in [-0.3, -0.25) is 0 Å². The molecule has 55 heavy (non-hydrogen) atoms. The molecule has 8 aromatic rings. The van der Waals surface area contributed by atoms with E-state index in [9.17, 15) is 0 Å².